The van der Waals surface area contributed by atoms with Crippen molar-refractivity contribution in [1.29, 1.82) is 5.26 Å². The number of hydrogen-bond acceptors (Lipinski definition) is 3. The second-order valence-corrected chi connectivity index (χ2v) is 4.53. The minimum Gasteiger partial charge on any atom is -0.399 e. The molecule has 0 amide bonds. The van der Waals surface area contributed by atoms with Crippen LogP contribution in [0.25, 0.3) is 10.9 Å². The maximum Gasteiger partial charge on any atom is 0.195 e. The molecule has 3 N–H and O–H groups in total. The van der Waals surface area contributed by atoms with Gasteiger partial charge in [0.1, 0.15) is 0 Å². The molecular weight excluding hydrogens is 250 g/mol. The number of nitrogens with one attached hydrogen (secondary N) is 1. The lowest BCUT2D eigenvalue weighted by atomic mass is 10.0. The molecule has 1 heterocycles. The van der Waals surface area contributed by atoms with Gasteiger partial charge in [-0.25, -0.2) is 0 Å². The fourth-order valence-electron chi connectivity index (χ4n) is 2.21. The van der Waals surface area contributed by atoms with Crippen molar-refractivity contribution in [3.05, 3.63) is 65.4 Å². The number of carbonyl (C=O) groups is 1. The van der Waals surface area contributed by atoms with Gasteiger partial charge >= 0.3 is 0 Å². The Hall–Kier alpha value is -3.06. The van der Waals surface area contributed by atoms with E-state index in [1.54, 1.807) is 48.7 Å². The summed E-state index contributed by atoms with van der Waals surface area (Å²) in [5.74, 6) is -0.112. The Morgan fingerprint density at radius 3 is 2.80 bits per heavy atom. The van der Waals surface area contributed by atoms with Gasteiger partial charge in [0.2, 0.25) is 0 Å². The van der Waals surface area contributed by atoms with Crippen molar-refractivity contribution >= 4 is 22.4 Å². The van der Waals surface area contributed by atoms with E-state index in [-0.39, 0.29) is 5.78 Å². The first-order valence-electron chi connectivity index (χ1n) is 6.10. The van der Waals surface area contributed by atoms with Gasteiger partial charge in [0.05, 0.1) is 11.6 Å². The minimum atomic E-state index is -0.112. The van der Waals surface area contributed by atoms with E-state index in [1.807, 2.05) is 0 Å². The lowest BCUT2D eigenvalue weighted by Gasteiger charge is -2.01. The van der Waals surface area contributed by atoms with E-state index in [9.17, 15) is 4.79 Å². The van der Waals surface area contributed by atoms with Crippen LogP contribution in [0, 0.1) is 11.3 Å². The van der Waals surface area contributed by atoms with Gasteiger partial charge in [-0.3, -0.25) is 4.79 Å². The van der Waals surface area contributed by atoms with Gasteiger partial charge in [-0.15, -0.1) is 0 Å². The minimum absolute atomic E-state index is 0.112. The average molecular weight is 261 g/mol. The van der Waals surface area contributed by atoms with Crippen molar-refractivity contribution in [2.45, 2.75) is 0 Å². The number of hydrogen-bond donors (Lipinski definition) is 2. The molecule has 96 valence electrons. The zero-order valence-electron chi connectivity index (χ0n) is 10.6. The highest BCUT2D eigenvalue weighted by Gasteiger charge is 2.14. The van der Waals surface area contributed by atoms with Crippen LogP contribution in [0.1, 0.15) is 21.5 Å². The van der Waals surface area contributed by atoms with E-state index in [4.69, 9.17) is 11.0 Å². The summed E-state index contributed by atoms with van der Waals surface area (Å²) in [7, 11) is 0. The summed E-state index contributed by atoms with van der Waals surface area (Å²) in [4.78, 5) is 15.6. The molecule has 4 heteroatoms. The van der Waals surface area contributed by atoms with Gasteiger partial charge in [0, 0.05) is 33.9 Å². The van der Waals surface area contributed by atoms with E-state index in [2.05, 4.69) is 11.1 Å². The number of nitrogens with zero attached hydrogens (tertiary/aromatic N) is 1. The summed E-state index contributed by atoms with van der Waals surface area (Å²) in [5.41, 5.74) is 8.69. The Labute approximate surface area is 115 Å². The predicted molar refractivity (Wildman–Crippen MR) is 77.3 cm³/mol. The van der Waals surface area contributed by atoms with Gasteiger partial charge in [-0.1, -0.05) is 12.1 Å². The highest BCUT2D eigenvalue weighted by atomic mass is 16.1. The van der Waals surface area contributed by atoms with Crippen molar-refractivity contribution in [1.82, 2.24) is 4.98 Å². The summed E-state index contributed by atoms with van der Waals surface area (Å²) in [5, 5.41) is 9.70. The Morgan fingerprint density at radius 2 is 2.05 bits per heavy atom. The van der Waals surface area contributed by atoms with Crippen LogP contribution in [0.5, 0.6) is 0 Å². The highest BCUT2D eigenvalue weighted by molar-refractivity contribution is 6.16. The fraction of sp³-hybridized carbons (Fsp3) is 0. The van der Waals surface area contributed by atoms with Crippen LogP contribution >= 0.6 is 0 Å². The first-order chi connectivity index (χ1) is 9.69. The van der Waals surface area contributed by atoms with Crippen LogP contribution in [0.15, 0.2) is 48.7 Å². The monoisotopic (exact) mass is 261 g/mol. The van der Waals surface area contributed by atoms with E-state index in [0.29, 0.717) is 22.4 Å². The second kappa shape index (κ2) is 4.56. The number of H-pyrrole nitrogens is 1. The largest absolute Gasteiger partial charge is 0.399 e. The zero-order chi connectivity index (χ0) is 14.1. The molecule has 0 saturated heterocycles. The summed E-state index contributed by atoms with van der Waals surface area (Å²) in [6.45, 7) is 0. The number of aromatic amines is 1. The number of aromatic nitrogens is 1. The van der Waals surface area contributed by atoms with Crippen LogP contribution in [0.4, 0.5) is 5.69 Å². The third kappa shape index (κ3) is 1.91. The van der Waals surface area contributed by atoms with E-state index in [0.717, 1.165) is 10.9 Å². The van der Waals surface area contributed by atoms with Crippen LogP contribution < -0.4 is 5.73 Å². The molecule has 4 nitrogen and oxygen atoms in total. The first-order valence-corrected chi connectivity index (χ1v) is 6.10. The molecule has 0 aliphatic heterocycles. The molecule has 0 fully saturated rings. The second-order valence-electron chi connectivity index (χ2n) is 4.53. The molecule has 0 aliphatic carbocycles. The normalized spacial score (nSPS) is 10.3. The molecule has 0 radical (unpaired) electrons. The topological polar surface area (TPSA) is 82.7 Å². The Balaban J connectivity index is 2.15. The Morgan fingerprint density at radius 1 is 1.20 bits per heavy atom. The van der Waals surface area contributed by atoms with Crippen LogP contribution in [0.2, 0.25) is 0 Å². The zero-order valence-corrected chi connectivity index (χ0v) is 10.6. The number of ketones is 1. The highest BCUT2D eigenvalue weighted by Crippen LogP contribution is 2.23. The van der Waals surface area contributed by atoms with Crippen LogP contribution in [-0.4, -0.2) is 10.8 Å². The molecule has 1 aromatic heterocycles. The number of nitrogen functional groups attached to an aromatic ring is 1. The maximum absolute atomic E-state index is 12.5. The third-order valence-corrected chi connectivity index (χ3v) is 3.20. The number of rotatable bonds is 2. The first kappa shape index (κ1) is 12.0. The van der Waals surface area contributed by atoms with Crippen molar-refractivity contribution < 1.29 is 4.79 Å². The van der Waals surface area contributed by atoms with Crippen molar-refractivity contribution in [2.75, 3.05) is 5.73 Å². The molecule has 0 aliphatic rings. The molecule has 0 bridgehead atoms. The van der Waals surface area contributed by atoms with Gasteiger partial charge in [0.15, 0.2) is 5.78 Å². The standard InChI is InChI=1S/C16H11N3O/c17-8-10-4-5-15-13(6-10)14(9-19-15)16(20)11-2-1-3-12(18)7-11/h1-7,9,19H,18H2. The maximum atomic E-state index is 12.5. The molecular formula is C16H11N3O. The number of carbonyl (C=O) groups excluding carboxylic acids is 1. The molecule has 2 aromatic carbocycles. The van der Waals surface area contributed by atoms with Crippen molar-refractivity contribution in [2.24, 2.45) is 0 Å². The summed E-state index contributed by atoms with van der Waals surface area (Å²) < 4.78 is 0. The number of benzene rings is 2. The smallest absolute Gasteiger partial charge is 0.195 e. The quantitative estimate of drug-likeness (QED) is 0.549. The van der Waals surface area contributed by atoms with E-state index >= 15 is 0 Å². The third-order valence-electron chi connectivity index (χ3n) is 3.20. The Bertz CT molecular complexity index is 856. The van der Waals surface area contributed by atoms with E-state index in [1.165, 1.54) is 0 Å². The van der Waals surface area contributed by atoms with Crippen LogP contribution in [0.3, 0.4) is 0 Å². The number of anilines is 1. The molecule has 0 saturated carbocycles. The van der Waals surface area contributed by atoms with Crippen molar-refractivity contribution in [3.63, 3.8) is 0 Å². The molecule has 0 spiro atoms. The number of nitrogens with two attached hydrogens (primary N) is 1. The molecule has 0 atom stereocenters. The van der Waals surface area contributed by atoms with E-state index < -0.39 is 0 Å². The van der Waals surface area contributed by atoms with Gasteiger partial charge in [-0.05, 0) is 30.3 Å². The van der Waals surface area contributed by atoms with Gasteiger partial charge in [-0.2, -0.15) is 5.26 Å². The molecule has 20 heavy (non-hydrogen) atoms. The molecule has 0 unspecified atom stereocenters. The van der Waals surface area contributed by atoms with Crippen molar-refractivity contribution in [3.8, 4) is 6.07 Å². The Kier molecular flexibility index (Phi) is 2.73. The summed E-state index contributed by atoms with van der Waals surface area (Å²) >= 11 is 0. The number of fused-ring (bicyclic) bond motifs is 1. The molecule has 3 aromatic rings. The SMILES string of the molecule is N#Cc1ccc2[nH]cc(C(=O)c3cccc(N)c3)c2c1. The van der Waals surface area contributed by atoms with Gasteiger partial charge < -0.3 is 10.7 Å². The summed E-state index contributed by atoms with van der Waals surface area (Å²) in [6.07, 6.45) is 1.66. The summed E-state index contributed by atoms with van der Waals surface area (Å²) in [6, 6.07) is 14.2. The number of nitriles is 1. The van der Waals surface area contributed by atoms with Crippen LogP contribution in [-0.2, 0) is 0 Å². The predicted octanol–water partition coefficient (Wildman–Crippen LogP) is 2.85. The fourth-order valence-corrected chi connectivity index (χ4v) is 2.21. The average Bonchev–Trinajstić information content (AvgIpc) is 2.89. The van der Waals surface area contributed by atoms with Gasteiger partial charge in [0.25, 0.3) is 0 Å². The lowest BCUT2D eigenvalue weighted by molar-refractivity contribution is 0.104. The molecule has 3 rings (SSSR count). The lowest BCUT2D eigenvalue weighted by Crippen LogP contribution is -2.01.